The summed E-state index contributed by atoms with van der Waals surface area (Å²) in [5, 5.41) is 2.76. The molecule has 0 saturated heterocycles. The Kier molecular flexibility index (Phi) is 4.38. The summed E-state index contributed by atoms with van der Waals surface area (Å²) in [4.78, 5) is 4.36. The van der Waals surface area contributed by atoms with Crippen molar-refractivity contribution in [2.24, 2.45) is 5.73 Å². The van der Waals surface area contributed by atoms with Crippen molar-refractivity contribution >= 4 is 11.3 Å². The second-order valence-electron chi connectivity index (χ2n) is 4.00. The third kappa shape index (κ3) is 3.11. The Labute approximate surface area is 108 Å². The number of aryl methyl sites for hydroxylation is 1. The molecule has 0 spiro atoms. The van der Waals surface area contributed by atoms with Gasteiger partial charge < -0.3 is 5.73 Å². The third-order valence-corrected chi connectivity index (χ3v) is 3.51. The monoisotopic (exact) mass is 268 g/mol. The van der Waals surface area contributed by atoms with Crippen LogP contribution in [0.5, 0.6) is 0 Å². The Bertz CT molecular complexity index is 525. The van der Waals surface area contributed by atoms with Crippen molar-refractivity contribution in [1.29, 1.82) is 0 Å². The second-order valence-corrected chi connectivity index (χ2v) is 4.94. The first-order chi connectivity index (χ1) is 8.70. The summed E-state index contributed by atoms with van der Waals surface area (Å²) in [6.07, 6.45) is 2.79. The largest absolute Gasteiger partial charge is 0.330 e. The molecule has 0 bridgehead atoms. The molecule has 0 atom stereocenters. The number of aromatic nitrogens is 1. The molecular formula is C13H14F2N2S. The maximum atomic E-state index is 13.6. The lowest BCUT2D eigenvalue weighted by Crippen LogP contribution is -1.98. The van der Waals surface area contributed by atoms with Crippen LogP contribution in [-0.4, -0.2) is 11.5 Å². The Morgan fingerprint density at radius 2 is 2.06 bits per heavy atom. The van der Waals surface area contributed by atoms with E-state index < -0.39 is 11.6 Å². The summed E-state index contributed by atoms with van der Waals surface area (Å²) < 4.78 is 26.4. The molecule has 5 heteroatoms. The Morgan fingerprint density at radius 3 is 2.78 bits per heavy atom. The minimum absolute atomic E-state index is 0.345. The van der Waals surface area contributed by atoms with Gasteiger partial charge in [-0.3, -0.25) is 0 Å². The highest BCUT2D eigenvalue weighted by Crippen LogP contribution is 2.25. The van der Waals surface area contributed by atoms with Gasteiger partial charge in [0.25, 0.3) is 0 Å². The normalized spacial score (nSPS) is 10.8. The molecule has 0 aliphatic carbocycles. The van der Waals surface area contributed by atoms with Crippen molar-refractivity contribution in [3.63, 3.8) is 0 Å². The van der Waals surface area contributed by atoms with E-state index in [0.29, 0.717) is 17.8 Å². The molecule has 0 radical (unpaired) electrons. The van der Waals surface area contributed by atoms with Gasteiger partial charge in [-0.2, -0.15) is 0 Å². The molecule has 18 heavy (non-hydrogen) atoms. The first-order valence-corrected chi connectivity index (χ1v) is 6.68. The minimum atomic E-state index is -0.575. The van der Waals surface area contributed by atoms with Crippen LogP contribution in [0.2, 0.25) is 0 Å². The van der Waals surface area contributed by atoms with Crippen molar-refractivity contribution in [1.82, 2.24) is 4.98 Å². The summed E-state index contributed by atoms with van der Waals surface area (Å²) in [5.74, 6) is -1.15. The lowest BCUT2D eigenvalue weighted by Gasteiger charge is -1.99. The molecule has 2 rings (SSSR count). The molecule has 2 aromatic rings. The van der Waals surface area contributed by atoms with Crippen molar-refractivity contribution in [3.8, 4) is 11.3 Å². The molecule has 0 aliphatic rings. The minimum Gasteiger partial charge on any atom is -0.330 e. The van der Waals surface area contributed by atoms with Crippen LogP contribution in [0.3, 0.4) is 0 Å². The van der Waals surface area contributed by atoms with Gasteiger partial charge in [0.1, 0.15) is 11.6 Å². The van der Waals surface area contributed by atoms with E-state index >= 15 is 0 Å². The Hall–Kier alpha value is -1.33. The number of hydrogen-bond acceptors (Lipinski definition) is 3. The van der Waals surface area contributed by atoms with Crippen molar-refractivity contribution in [2.75, 3.05) is 6.54 Å². The van der Waals surface area contributed by atoms with Crippen LogP contribution in [0.15, 0.2) is 23.6 Å². The maximum Gasteiger partial charge on any atom is 0.135 e. The number of nitrogens with two attached hydrogens (primary N) is 1. The first-order valence-electron chi connectivity index (χ1n) is 5.80. The van der Waals surface area contributed by atoms with E-state index in [4.69, 9.17) is 5.73 Å². The van der Waals surface area contributed by atoms with E-state index in [-0.39, 0.29) is 0 Å². The van der Waals surface area contributed by atoms with Crippen LogP contribution in [0, 0.1) is 11.6 Å². The highest BCUT2D eigenvalue weighted by atomic mass is 32.1. The number of rotatable bonds is 5. The van der Waals surface area contributed by atoms with Crippen molar-refractivity contribution in [3.05, 3.63) is 40.2 Å². The smallest absolute Gasteiger partial charge is 0.135 e. The van der Waals surface area contributed by atoms with Crippen molar-refractivity contribution in [2.45, 2.75) is 19.3 Å². The zero-order valence-corrected chi connectivity index (χ0v) is 10.6. The molecule has 0 unspecified atom stereocenters. The van der Waals surface area contributed by atoms with E-state index in [9.17, 15) is 8.78 Å². The molecule has 0 fully saturated rings. The predicted octanol–water partition coefficient (Wildman–Crippen LogP) is 3.37. The summed E-state index contributed by atoms with van der Waals surface area (Å²) in [6.45, 7) is 0.671. The molecule has 1 aromatic carbocycles. The van der Waals surface area contributed by atoms with E-state index in [1.54, 1.807) is 5.38 Å². The zero-order chi connectivity index (χ0) is 13.0. The lowest BCUT2D eigenvalue weighted by molar-refractivity contribution is 0.585. The fourth-order valence-electron chi connectivity index (χ4n) is 1.67. The summed E-state index contributed by atoms with van der Waals surface area (Å²) >= 11 is 1.50. The van der Waals surface area contributed by atoms with Crippen molar-refractivity contribution < 1.29 is 8.78 Å². The summed E-state index contributed by atoms with van der Waals surface area (Å²) in [7, 11) is 0. The van der Waals surface area contributed by atoms with Gasteiger partial charge in [0.05, 0.1) is 10.7 Å². The van der Waals surface area contributed by atoms with Crippen LogP contribution >= 0.6 is 11.3 Å². The molecule has 1 aromatic heterocycles. The van der Waals surface area contributed by atoms with Crippen LogP contribution in [0.25, 0.3) is 11.3 Å². The number of thiazole rings is 1. The van der Waals surface area contributed by atoms with Gasteiger partial charge >= 0.3 is 0 Å². The van der Waals surface area contributed by atoms with E-state index in [0.717, 1.165) is 30.3 Å². The fraction of sp³-hybridized carbons (Fsp3) is 0.308. The van der Waals surface area contributed by atoms with Gasteiger partial charge in [-0.15, -0.1) is 11.3 Å². The maximum absolute atomic E-state index is 13.6. The van der Waals surface area contributed by atoms with Crippen LogP contribution < -0.4 is 5.73 Å². The Balaban J connectivity index is 2.13. The van der Waals surface area contributed by atoms with Gasteiger partial charge in [0, 0.05) is 17.0 Å². The molecule has 0 amide bonds. The third-order valence-electron chi connectivity index (χ3n) is 2.60. The average molecular weight is 268 g/mol. The standard InChI is InChI=1S/C13H14F2N2S/c14-9-4-5-10(11(15)7-9)12-8-18-13(17-12)3-1-2-6-16/h4-5,7-8H,1-3,6,16H2. The summed E-state index contributed by atoms with van der Waals surface area (Å²) in [6, 6.07) is 3.54. The molecule has 96 valence electrons. The quantitative estimate of drug-likeness (QED) is 0.844. The molecule has 1 heterocycles. The average Bonchev–Trinajstić information content (AvgIpc) is 2.78. The highest BCUT2D eigenvalue weighted by Gasteiger charge is 2.10. The molecule has 2 nitrogen and oxygen atoms in total. The van der Waals surface area contributed by atoms with Gasteiger partial charge in [-0.1, -0.05) is 0 Å². The van der Waals surface area contributed by atoms with E-state index in [1.807, 2.05) is 0 Å². The Morgan fingerprint density at radius 1 is 1.22 bits per heavy atom. The molecular weight excluding hydrogens is 254 g/mol. The summed E-state index contributed by atoms with van der Waals surface area (Å²) in [5.41, 5.74) is 6.34. The number of unbranched alkanes of at least 4 members (excludes halogenated alkanes) is 1. The van der Waals surface area contributed by atoms with Crippen LogP contribution in [0.4, 0.5) is 8.78 Å². The lowest BCUT2D eigenvalue weighted by atomic mass is 10.1. The number of halogens is 2. The van der Waals surface area contributed by atoms with Crippen LogP contribution in [-0.2, 0) is 6.42 Å². The topological polar surface area (TPSA) is 38.9 Å². The molecule has 0 saturated carbocycles. The second kappa shape index (κ2) is 6.02. The fourth-order valence-corrected chi connectivity index (χ4v) is 2.51. The van der Waals surface area contributed by atoms with Gasteiger partial charge in [-0.05, 0) is 37.9 Å². The number of nitrogens with zero attached hydrogens (tertiary/aromatic N) is 1. The zero-order valence-electron chi connectivity index (χ0n) is 9.83. The first kappa shape index (κ1) is 13.1. The predicted molar refractivity (Wildman–Crippen MR) is 69.5 cm³/mol. The molecule has 0 aliphatic heterocycles. The SMILES string of the molecule is NCCCCc1nc(-c2ccc(F)cc2F)cs1. The van der Waals surface area contributed by atoms with Crippen LogP contribution in [0.1, 0.15) is 17.8 Å². The van der Waals surface area contributed by atoms with Gasteiger partial charge in [-0.25, -0.2) is 13.8 Å². The highest BCUT2D eigenvalue weighted by molar-refractivity contribution is 7.09. The van der Waals surface area contributed by atoms with E-state index in [1.165, 1.54) is 23.5 Å². The van der Waals surface area contributed by atoms with Gasteiger partial charge in [0.15, 0.2) is 0 Å². The van der Waals surface area contributed by atoms with E-state index in [2.05, 4.69) is 4.98 Å². The molecule has 2 N–H and O–H groups in total. The number of hydrogen-bond donors (Lipinski definition) is 1. The van der Waals surface area contributed by atoms with Gasteiger partial charge in [0.2, 0.25) is 0 Å². The number of benzene rings is 1.